The highest BCUT2D eigenvalue weighted by Gasteiger charge is 2.12. The minimum atomic E-state index is -0.406. The van der Waals surface area contributed by atoms with E-state index in [2.05, 4.69) is 15.3 Å². The van der Waals surface area contributed by atoms with Crippen LogP contribution in [0.2, 0.25) is 0 Å². The van der Waals surface area contributed by atoms with E-state index in [4.69, 9.17) is 17.5 Å². The second-order valence-electron chi connectivity index (χ2n) is 4.62. The first kappa shape index (κ1) is 14.8. The molecule has 1 N–H and O–H groups in total. The Balaban J connectivity index is 1.99. The highest BCUT2D eigenvalue weighted by atomic mass is 32.1. The fourth-order valence-electron chi connectivity index (χ4n) is 1.98. The molecule has 7 heteroatoms. The lowest BCUT2D eigenvalue weighted by Gasteiger charge is -2.02. The lowest BCUT2D eigenvalue weighted by Crippen LogP contribution is -1.96. The van der Waals surface area contributed by atoms with Gasteiger partial charge in [0.15, 0.2) is 5.82 Å². The van der Waals surface area contributed by atoms with Crippen molar-refractivity contribution in [2.75, 3.05) is 0 Å². The third-order valence-corrected chi connectivity index (χ3v) is 3.39. The Morgan fingerprint density at radius 1 is 1.22 bits per heavy atom. The number of aromatic nitrogens is 3. The number of H-pyrrole nitrogens is 1. The maximum atomic E-state index is 13.9. The van der Waals surface area contributed by atoms with Crippen LogP contribution in [0.5, 0.6) is 0 Å². The monoisotopic (exact) mass is 323 g/mol. The number of nitrogens with zero attached hydrogens (tertiary/aromatic N) is 4. The molecule has 0 saturated carbocycles. The first-order valence-corrected chi connectivity index (χ1v) is 7.06. The molecule has 0 atom stereocenters. The Hall–Kier alpha value is -3.11. The van der Waals surface area contributed by atoms with Crippen LogP contribution in [0.4, 0.5) is 4.39 Å². The number of hydrogen-bond acceptors (Lipinski definition) is 4. The van der Waals surface area contributed by atoms with Crippen molar-refractivity contribution in [3.05, 3.63) is 70.2 Å². The van der Waals surface area contributed by atoms with Gasteiger partial charge in [-0.15, -0.1) is 0 Å². The van der Waals surface area contributed by atoms with E-state index in [-0.39, 0.29) is 10.6 Å². The average Bonchev–Trinajstić information content (AvgIpc) is 2.94. The lowest BCUT2D eigenvalue weighted by molar-refractivity contribution is 0.628. The predicted molar refractivity (Wildman–Crippen MR) is 87.0 cm³/mol. The van der Waals surface area contributed by atoms with Gasteiger partial charge in [-0.05, 0) is 42.0 Å². The van der Waals surface area contributed by atoms with Crippen LogP contribution in [0.25, 0.3) is 11.4 Å². The molecule has 0 radical (unpaired) electrons. The Morgan fingerprint density at radius 2 is 1.96 bits per heavy atom. The summed E-state index contributed by atoms with van der Waals surface area (Å²) in [4.78, 5) is 0. The molecule has 0 amide bonds. The summed E-state index contributed by atoms with van der Waals surface area (Å²) >= 11 is 5.14. The van der Waals surface area contributed by atoms with E-state index in [9.17, 15) is 4.39 Å². The van der Waals surface area contributed by atoms with Gasteiger partial charge in [0.05, 0.1) is 23.4 Å². The van der Waals surface area contributed by atoms with E-state index in [1.54, 1.807) is 48.7 Å². The van der Waals surface area contributed by atoms with Crippen molar-refractivity contribution >= 4 is 18.4 Å². The fraction of sp³-hybridized carbons (Fsp3) is 0. The molecule has 0 aliphatic rings. The normalized spacial score (nSPS) is 10.8. The summed E-state index contributed by atoms with van der Waals surface area (Å²) in [6.07, 6.45) is 1.57. The van der Waals surface area contributed by atoms with Crippen LogP contribution >= 0.6 is 12.2 Å². The number of hydrogen-bond donors (Lipinski definition) is 1. The zero-order chi connectivity index (χ0) is 16.2. The van der Waals surface area contributed by atoms with E-state index in [1.807, 2.05) is 6.07 Å². The molecule has 1 heterocycles. The van der Waals surface area contributed by atoms with Gasteiger partial charge in [-0.1, -0.05) is 24.3 Å². The quantitative estimate of drug-likeness (QED) is 0.592. The summed E-state index contributed by atoms with van der Waals surface area (Å²) in [5.41, 5.74) is 1.65. The molecule has 23 heavy (non-hydrogen) atoms. The van der Waals surface area contributed by atoms with E-state index in [0.717, 1.165) is 5.56 Å². The summed E-state index contributed by atoms with van der Waals surface area (Å²) in [6, 6.07) is 15.2. The van der Waals surface area contributed by atoms with Crippen LogP contribution in [0.1, 0.15) is 11.1 Å². The molecule has 0 fully saturated rings. The average molecular weight is 323 g/mol. The van der Waals surface area contributed by atoms with Crippen LogP contribution in [0.3, 0.4) is 0 Å². The minimum absolute atomic E-state index is 0.258. The van der Waals surface area contributed by atoms with Gasteiger partial charge in [-0.2, -0.15) is 20.1 Å². The van der Waals surface area contributed by atoms with Gasteiger partial charge in [0.2, 0.25) is 4.77 Å². The van der Waals surface area contributed by atoms with E-state index < -0.39 is 5.82 Å². The maximum absolute atomic E-state index is 13.9. The van der Waals surface area contributed by atoms with Crippen molar-refractivity contribution in [1.29, 1.82) is 5.26 Å². The van der Waals surface area contributed by atoms with Crippen LogP contribution in [-0.2, 0) is 0 Å². The Morgan fingerprint density at radius 3 is 2.65 bits per heavy atom. The van der Waals surface area contributed by atoms with Crippen LogP contribution in [0, 0.1) is 21.9 Å². The number of nitriles is 1. The van der Waals surface area contributed by atoms with E-state index >= 15 is 0 Å². The van der Waals surface area contributed by atoms with Crippen molar-refractivity contribution in [1.82, 2.24) is 14.9 Å². The summed E-state index contributed by atoms with van der Waals surface area (Å²) in [6.45, 7) is 0. The smallest absolute Gasteiger partial charge is 0.216 e. The molecular weight excluding hydrogens is 313 g/mol. The molecule has 112 valence electrons. The molecule has 3 aromatic rings. The zero-order valence-electron chi connectivity index (χ0n) is 11.8. The molecule has 2 aromatic carbocycles. The van der Waals surface area contributed by atoms with Gasteiger partial charge in [0.1, 0.15) is 5.82 Å². The van der Waals surface area contributed by atoms with E-state index in [0.29, 0.717) is 11.1 Å². The Kier molecular flexibility index (Phi) is 4.08. The van der Waals surface area contributed by atoms with Crippen molar-refractivity contribution in [3.8, 4) is 17.5 Å². The van der Waals surface area contributed by atoms with Crippen molar-refractivity contribution in [2.45, 2.75) is 0 Å². The van der Waals surface area contributed by atoms with Crippen molar-refractivity contribution in [3.63, 3.8) is 0 Å². The standard InChI is InChI=1S/C16H10FN5S/c17-14-4-2-1-3-13(14)15-20-21-16(23)22(15)19-10-12-7-5-11(9-18)6-8-12/h1-8,10H,(H,21,23)/b19-10-. The van der Waals surface area contributed by atoms with Gasteiger partial charge in [-0.3, -0.25) is 0 Å². The molecule has 3 rings (SSSR count). The third kappa shape index (κ3) is 3.07. The van der Waals surface area contributed by atoms with Crippen LogP contribution in [-0.4, -0.2) is 21.1 Å². The summed E-state index contributed by atoms with van der Waals surface area (Å²) in [7, 11) is 0. The zero-order valence-corrected chi connectivity index (χ0v) is 12.6. The molecular formula is C16H10FN5S. The number of nitrogens with one attached hydrogen (secondary N) is 1. The topological polar surface area (TPSA) is 69.8 Å². The Bertz CT molecular complexity index is 963. The highest BCUT2D eigenvalue weighted by Crippen LogP contribution is 2.20. The second kappa shape index (κ2) is 6.34. The number of aromatic amines is 1. The molecule has 0 aliphatic carbocycles. The fourth-order valence-corrected chi connectivity index (χ4v) is 2.16. The third-order valence-electron chi connectivity index (χ3n) is 3.13. The highest BCUT2D eigenvalue weighted by molar-refractivity contribution is 7.71. The lowest BCUT2D eigenvalue weighted by atomic mass is 10.2. The molecule has 1 aromatic heterocycles. The second-order valence-corrected chi connectivity index (χ2v) is 5.01. The first-order chi connectivity index (χ1) is 11.2. The van der Waals surface area contributed by atoms with Crippen molar-refractivity contribution < 1.29 is 4.39 Å². The van der Waals surface area contributed by atoms with Gasteiger partial charge in [0.25, 0.3) is 0 Å². The van der Waals surface area contributed by atoms with Gasteiger partial charge >= 0.3 is 0 Å². The van der Waals surface area contributed by atoms with Crippen LogP contribution < -0.4 is 0 Å². The molecule has 5 nitrogen and oxygen atoms in total. The van der Waals surface area contributed by atoms with Gasteiger partial charge in [0, 0.05) is 0 Å². The predicted octanol–water partition coefficient (Wildman–Crippen LogP) is 3.50. The minimum Gasteiger partial charge on any atom is -0.250 e. The van der Waals surface area contributed by atoms with Gasteiger partial charge in [-0.25, -0.2) is 9.49 Å². The molecule has 0 unspecified atom stereocenters. The molecule has 0 bridgehead atoms. The molecule has 0 saturated heterocycles. The molecule has 0 spiro atoms. The molecule has 0 aliphatic heterocycles. The summed E-state index contributed by atoms with van der Waals surface area (Å²) in [5, 5.41) is 19.7. The summed E-state index contributed by atoms with van der Waals surface area (Å²) < 4.78 is 15.5. The van der Waals surface area contributed by atoms with Gasteiger partial charge < -0.3 is 0 Å². The summed E-state index contributed by atoms with van der Waals surface area (Å²) in [5.74, 6) is -0.116. The van der Waals surface area contributed by atoms with Crippen molar-refractivity contribution in [2.24, 2.45) is 5.10 Å². The van der Waals surface area contributed by atoms with Crippen LogP contribution in [0.15, 0.2) is 53.6 Å². The number of benzene rings is 2. The van der Waals surface area contributed by atoms with E-state index in [1.165, 1.54) is 10.7 Å². The number of rotatable bonds is 3. The first-order valence-electron chi connectivity index (χ1n) is 6.66. The Labute approximate surface area is 136 Å². The number of halogens is 1. The SMILES string of the molecule is N#Cc1ccc(/C=N\n2c(-c3ccccc3F)n[nH]c2=S)cc1. The maximum Gasteiger partial charge on any atom is 0.216 e. The largest absolute Gasteiger partial charge is 0.250 e.